The molecule has 1 N–H and O–H groups in total. The van der Waals surface area contributed by atoms with Gasteiger partial charge in [0.05, 0.1) is 5.54 Å². The first-order chi connectivity index (χ1) is 8.04. The number of halogens is 3. The summed E-state index contributed by atoms with van der Waals surface area (Å²) < 4.78 is 1.76. The lowest BCUT2D eigenvalue weighted by molar-refractivity contribution is 0.0853. The smallest absolute Gasteiger partial charge is 0.251 e. The van der Waals surface area contributed by atoms with Gasteiger partial charge >= 0.3 is 0 Å². The van der Waals surface area contributed by atoms with Crippen LogP contribution in [0.3, 0.4) is 0 Å². The van der Waals surface area contributed by atoms with Crippen molar-refractivity contribution in [3.63, 3.8) is 0 Å². The van der Waals surface area contributed by atoms with Crippen molar-refractivity contribution in [2.24, 2.45) is 0 Å². The van der Waals surface area contributed by atoms with Crippen LogP contribution >= 0.6 is 43.5 Å². The summed E-state index contributed by atoms with van der Waals surface area (Å²) in [6.07, 6.45) is 3.07. The van der Waals surface area contributed by atoms with E-state index in [1.54, 1.807) is 12.1 Å². The quantitative estimate of drug-likeness (QED) is 0.785. The van der Waals surface area contributed by atoms with E-state index in [4.69, 9.17) is 11.6 Å². The van der Waals surface area contributed by atoms with E-state index < -0.39 is 0 Å². The first kappa shape index (κ1) is 13.4. The summed E-state index contributed by atoms with van der Waals surface area (Å²) in [7, 11) is 0. The third-order valence-corrected chi connectivity index (χ3v) is 4.50. The van der Waals surface area contributed by atoms with Crippen LogP contribution in [-0.4, -0.2) is 17.3 Å². The second-order valence-electron chi connectivity index (χ2n) is 4.38. The summed E-state index contributed by atoms with van der Waals surface area (Å²) in [5.74, 6) is 0.417. The lowest BCUT2D eigenvalue weighted by atomic mass is 9.78. The average molecular weight is 381 g/mol. The third-order valence-electron chi connectivity index (χ3n) is 3.07. The Kier molecular flexibility index (Phi) is 4.16. The SMILES string of the molecule is O=C(NC1(CCl)CCC1)c1cc(Br)cc(Br)c1. The lowest BCUT2D eigenvalue weighted by Crippen LogP contribution is -2.55. The minimum absolute atomic E-state index is 0.0626. The van der Waals surface area contributed by atoms with E-state index >= 15 is 0 Å². The van der Waals surface area contributed by atoms with Crippen LogP contribution in [0.2, 0.25) is 0 Å². The summed E-state index contributed by atoms with van der Waals surface area (Å²) in [5.41, 5.74) is 0.454. The monoisotopic (exact) mass is 379 g/mol. The molecule has 0 atom stereocenters. The van der Waals surface area contributed by atoms with Crippen molar-refractivity contribution >= 4 is 49.4 Å². The molecule has 17 heavy (non-hydrogen) atoms. The van der Waals surface area contributed by atoms with Crippen molar-refractivity contribution in [3.8, 4) is 0 Å². The number of hydrogen-bond donors (Lipinski definition) is 1. The second-order valence-corrected chi connectivity index (χ2v) is 6.48. The van der Waals surface area contributed by atoms with Gasteiger partial charge in [-0.05, 0) is 37.5 Å². The maximum atomic E-state index is 12.1. The Morgan fingerprint density at radius 2 is 1.88 bits per heavy atom. The molecule has 0 aromatic heterocycles. The second kappa shape index (κ2) is 5.29. The first-order valence-electron chi connectivity index (χ1n) is 5.39. The minimum Gasteiger partial charge on any atom is -0.345 e. The molecule has 1 aliphatic rings. The van der Waals surface area contributed by atoms with Crippen molar-refractivity contribution in [1.82, 2.24) is 5.32 Å². The fourth-order valence-electron chi connectivity index (χ4n) is 1.89. The standard InChI is InChI=1S/C12H12Br2ClNO/c13-9-4-8(5-10(14)6-9)11(17)16-12(7-15)2-1-3-12/h4-6H,1-3,7H2,(H,16,17). The van der Waals surface area contributed by atoms with Crippen LogP contribution in [0.5, 0.6) is 0 Å². The van der Waals surface area contributed by atoms with Crippen LogP contribution < -0.4 is 5.32 Å². The maximum Gasteiger partial charge on any atom is 0.251 e. The number of hydrogen-bond acceptors (Lipinski definition) is 1. The summed E-state index contributed by atoms with van der Waals surface area (Å²) in [5, 5.41) is 3.04. The molecule has 2 nitrogen and oxygen atoms in total. The number of rotatable bonds is 3. The number of alkyl halides is 1. The van der Waals surface area contributed by atoms with Crippen molar-refractivity contribution in [3.05, 3.63) is 32.7 Å². The minimum atomic E-state index is -0.187. The molecule has 1 aromatic rings. The van der Waals surface area contributed by atoms with E-state index in [0.717, 1.165) is 28.2 Å². The zero-order valence-corrected chi connectivity index (χ0v) is 13.0. The normalized spacial score (nSPS) is 17.4. The largest absolute Gasteiger partial charge is 0.345 e. The van der Waals surface area contributed by atoms with Gasteiger partial charge < -0.3 is 5.32 Å². The Hall–Kier alpha value is -0.0600. The van der Waals surface area contributed by atoms with E-state index in [2.05, 4.69) is 37.2 Å². The molecule has 0 saturated heterocycles. The Morgan fingerprint density at radius 3 is 2.29 bits per heavy atom. The average Bonchev–Trinajstić information content (AvgIpc) is 2.21. The molecule has 0 spiro atoms. The molecule has 0 unspecified atom stereocenters. The molecule has 92 valence electrons. The topological polar surface area (TPSA) is 29.1 Å². The zero-order chi connectivity index (χ0) is 12.5. The molecule has 1 saturated carbocycles. The Labute approximate surface area is 122 Å². The molecule has 1 fully saturated rings. The van der Waals surface area contributed by atoms with Gasteiger partial charge in [-0.15, -0.1) is 11.6 Å². The van der Waals surface area contributed by atoms with Gasteiger partial charge in [0.15, 0.2) is 0 Å². The molecule has 1 aromatic carbocycles. The highest BCUT2D eigenvalue weighted by molar-refractivity contribution is 9.11. The third kappa shape index (κ3) is 3.04. The molecular weight excluding hydrogens is 369 g/mol. The van der Waals surface area contributed by atoms with Crippen molar-refractivity contribution < 1.29 is 4.79 Å². The molecular formula is C12H12Br2ClNO. The van der Waals surface area contributed by atoms with Gasteiger partial charge in [0.25, 0.3) is 5.91 Å². The molecule has 5 heteroatoms. The van der Waals surface area contributed by atoms with Crippen molar-refractivity contribution in [1.29, 1.82) is 0 Å². The summed E-state index contributed by atoms with van der Waals surface area (Å²) in [4.78, 5) is 12.1. The van der Waals surface area contributed by atoms with Crippen molar-refractivity contribution in [2.75, 3.05) is 5.88 Å². The van der Waals surface area contributed by atoms with Gasteiger partial charge in [0.2, 0.25) is 0 Å². The first-order valence-corrected chi connectivity index (χ1v) is 7.51. The highest BCUT2D eigenvalue weighted by Crippen LogP contribution is 2.33. The van der Waals surface area contributed by atoms with Crippen LogP contribution in [0, 0.1) is 0 Å². The van der Waals surface area contributed by atoms with Crippen LogP contribution in [-0.2, 0) is 0 Å². The molecule has 0 bridgehead atoms. The van der Waals surface area contributed by atoms with Crippen LogP contribution in [0.1, 0.15) is 29.6 Å². The number of amides is 1. The van der Waals surface area contributed by atoms with E-state index in [1.165, 1.54) is 0 Å². The van der Waals surface area contributed by atoms with Crippen LogP contribution in [0.25, 0.3) is 0 Å². The number of carbonyl (C=O) groups excluding carboxylic acids is 1. The fourth-order valence-corrected chi connectivity index (χ4v) is 3.52. The molecule has 0 aliphatic heterocycles. The van der Waals surface area contributed by atoms with E-state index in [1.807, 2.05) is 6.07 Å². The molecule has 2 rings (SSSR count). The number of carbonyl (C=O) groups is 1. The van der Waals surface area contributed by atoms with E-state index in [0.29, 0.717) is 11.4 Å². The fraction of sp³-hybridized carbons (Fsp3) is 0.417. The highest BCUT2D eigenvalue weighted by Gasteiger charge is 2.37. The van der Waals surface area contributed by atoms with Gasteiger partial charge in [-0.3, -0.25) is 4.79 Å². The van der Waals surface area contributed by atoms with Crippen LogP contribution in [0.15, 0.2) is 27.1 Å². The zero-order valence-electron chi connectivity index (χ0n) is 9.10. The van der Waals surface area contributed by atoms with Gasteiger partial charge in [0, 0.05) is 20.4 Å². The predicted molar refractivity (Wildman–Crippen MR) is 76.6 cm³/mol. The maximum absolute atomic E-state index is 12.1. The molecule has 0 heterocycles. The Balaban J connectivity index is 2.14. The lowest BCUT2D eigenvalue weighted by Gasteiger charge is -2.41. The number of nitrogens with one attached hydrogen (secondary N) is 1. The van der Waals surface area contributed by atoms with Gasteiger partial charge in [-0.2, -0.15) is 0 Å². The van der Waals surface area contributed by atoms with E-state index in [9.17, 15) is 4.79 Å². The van der Waals surface area contributed by atoms with Crippen molar-refractivity contribution in [2.45, 2.75) is 24.8 Å². The van der Waals surface area contributed by atoms with Crippen LogP contribution in [0.4, 0.5) is 0 Å². The summed E-state index contributed by atoms with van der Waals surface area (Å²) in [6.45, 7) is 0. The summed E-state index contributed by atoms with van der Waals surface area (Å²) in [6, 6.07) is 5.51. The Bertz CT molecular complexity index is 420. The molecule has 0 radical (unpaired) electrons. The predicted octanol–water partition coefficient (Wildman–Crippen LogP) is 4.10. The molecule has 1 aliphatic carbocycles. The summed E-state index contributed by atoms with van der Waals surface area (Å²) >= 11 is 12.7. The van der Waals surface area contributed by atoms with Gasteiger partial charge in [0.1, 0.15) is 0 Å². The number of benzene rings is 1. The van der Waals surface area contributed by atoms with Gasteiger partial charge in [-0.1, -0.05) is 31.9 Å². The Morgan fingerprint density at radius 1 is 1.29 bits per heavy atom. The molecule has 1 amide bonds. The van der Waals surface area contributed by atoms with E-state index in [-0.39, 0.29) is 11.4 Å². The highest BCUT2D eigenvalue weighted by atomic mass is 79.9. The van der Waals surface area contributed by atoms with Gasteiger partial charge in [-0.25, -0.2) is 0 Å².